The van der Waals surface area contributed by atoms with Crippen LogP contribution < -0.4 is 11.4 Å². The van der Waals surface area contributed by atoms with Crippen LogP contribution in [0.15, 0.2) is 11.0 Å². The number of nitrogens with two attached hydrogens (primary N) is 1. The zero-order chi connectivity index (χ0) is 16.7. The van der Waals surface area contributed by atoms with Crippen molar-refractivity contribution >= 4 is 5.82 Å². The van der Waals surface area contributed by atoms with E-state index in [1.165, 1.54) is 13.3 Å². The summed E-state index contributed by atoms with van der Waals surface area (Å²) in [4.78, 5) is 15.9. The second-order valence-electron chi connectivity index (χ2n) is 5.28. The molecule has 0 unspecified atom stereocenters. The van der Waals surface area contributed by atoms with Gasteiger partial charge in [-0.2, -0.15) is 4.98 Å². The highest BCUT2D eigenvalue weighted by atomic mass is 16.7. The van der Waals surface area contributed by atoms with Crippen molar-refractivity contribution in [2.75, 3.05) is 19.5 Å². The minimum absolute atomic E-state index is 0.0608. The fourth-order valence-electron chi connectivity index (χ4n) is 2.85. The molecule has 0 radical (unpaired) electrons. The number of ether oxygens (including phenoxy) is 2. The highest BCUT2D eigenvalue weighted by molar-refractivity contribution is 5.35. The number of hydrogen-bond acceptors (Lipinski definition) is 8. The van der Waals surface area contributed by atoms with Crippen LogP contribution in [0, 0.1) is 6.92 Å². The largest absolute Gasteiger partial charge is 0.394 e. The first kappa shape index (κ1) is 16.8. The van der Waals surface area contributed by atoms with E-state index in [1.54, 1.807) is 13.8 Å². The molecule has 2 rings (SSSR count). The van der Waals surface area contributed by atoms with Crippen LogP contribution in [0.3, 0.4) is 0 Å². The standard InChI is InChI=1S/C13H21N3O6/c1-4-12(16-5-7(2)10(14)15-11(16)19)13(20,21-3)9(18)8(6-17)22-12/h5,8-9,17-18,20H,4,6H2,1-3H3,(H2,14,15,19)/t8-,9-,12-,13+/m1/s1. The first-order valence-electron chi connectivity index (χ1n) is 6.88. The van der Waals surface area contributed by atoms with E-state index in [9.17, 15) is 20.1 Å². The summed E-state index contributed by atoms with van der Waals surface area (Å²) in [5, 5.41) is 30.4. The lowest BCUT2D eigenvalue weighted by molar-refractivity contribution is -0.315. The van der Waals surface area contributed by atoms with Crippen molar-refractivity contribution < 1.29 is 24.8 Å². The van der Waals surface area contributed by atoms with Gasteiger partial charge in [-0.15, -0.1) is 0 Å². The number of hydrogen-bond donors (Lipinski definition) is 4. The van der Waals surface area contributed by atoms with Crippen molar-refractivity contribution in [2.45, 2.75) is 44.0 Å². The summed E-state index contributed by atoms with van der Waals surface area (Å²) in [6, 6.07) is 0. The molecule has 0 bridgehead atoms. The predicted octanol–water partition coefficient (Wildman–Crippen LogP) is -1.72. The van der Waals surface area contributed by atoms with Gasteiger partial charge in [0.15, 0.2) is 0 Å². The molecular weight excluding hydrogens is 294 g/mol. The average Bonchev–Trinajstić information content (AvgIpc) is 2.73. The Balaban J connectivity index is 2.72. The molecular formula is C13H21N3O6. The van der Waals surface area contributed by atoms with Gasteiger partial charge >= 0.3 is 5.69 Å². The van der Waals surface area contributed by atoms with Crippen LogP contribution in [-0.4, -0.2) is 56.6 Å². The number of aromatic nitrogens is 2. The number of rotatable bonds is 4. The zero-order valence-electron chi connectivity index (χ0n) is 12.7. The molecule has 2 heterocycles. The van der Waals surface area contributed by atoms with E-state index in [0.717, 1.165) is 4.57 Å². The van der Waals surface area contributed by atoms with Gasteiger partial charge in [-0.3, -0.25) is 4.57 Å². The lowest BCUT2D eigenvalue weighted by atomic mass is 9.95. The molecule has 9 heteroatoms. The van der Waals surface area contributed by atoms with Gasteiger partial charge < -0.3 is 30.5 Å². The molecule has 1 aromatic heterocycles. The zero-order valence-corrected chi connectivity index (χ0v) is 12.7. The van der Waals surface area contributed by atoms with Gasteiger partial charge in [0.2, 0.25) is 11.5 Å². The van der Waals surface area contributed by atoms with E-state index in [0.29, 0.717) is 5.56 Å². The maximum absolute atomic E-state index is 12.2. The Labute approximate surface area is 126 Å². The number of aliphatic hydroxyl groups excluding tert-OH is 2. The summed E-state index contributed by atoms with van der Waals surface area (Å²) in [6.07, 6.45) is -1.21. The molecule has 1 aliphatic rings. The summed E-state index contributed by atoms with van der Waals surface area (Å²) in [6.45, 7) is 2.74. The van der Waals surface area contributed by atoms with E-state index < -0.39 is 36.0 Å². The van der Waals surface area contributed by atoms with Crippen molar-refractivity contribution in [3.05, 3.63) is 22.2 Å². The molecule has 1 aromatic rings. The number of aryl methyl sites for hydroxylation is 1. The van der Waals surface area contributed by atoms with Crippen molar-refractivity contribution in [1.82, 2.24) is 9.55 Å². The third-order valence-electron chi connectivity index (χ3n) is 4.17. The first-order chi connectivity index (χ1) is 10.3. The maximum Gasteiger partial charge on any atom is 0.352 e. The van der Waals surface area contributed by atoms with Gasteiger partial charge in [0.25, 0.3) is 0 Å². The van der Waals surface area contributed by atoms with Gasteiger partial charge in [-0.05, 0) is 13.3 Å². The van der Waals surface area contributed by atoms with Crippen LogP contribution in [0.2, 0.25) is 0 Å². The van der Waals surface area contributed by atoms with Crippen molar-refractivity contribution in [2.24, 2.45) is 0 Å². The molecule has 0 saturated carbocycles. The smallest absolute Gasteiger partial charge is 0.352 e. The second kappa shape index (κ2) is 5.60. The van der Waals surface area contributed by atoms with Crippen LogP contribution in [0.4, 0.5) is 5.82 Å². The van der Waals surface area contributed by atoms with Crippen LogP contribution in [-0.2, 0) is 15.2 Å². The van der Waals surface area contributed by atoms with E-state index in [-0.39, 0.29) is 12.2 Å². The third kappa shape index (κ3) is 2.05. The van der Waals surface area contributed by atoms with Gasteiger partial charge in [0, 0.05) is 18.9 Å². The predicted molar refractivity (Wildman–Crippen MR) is 75.8 cm³/mol. The van der Waals surface area contributed by atoms with Gasteiger partial charge in [-0.1, -0.05) is 6.92 Å². The van der Waals surface area contributed by atoms with Crippen LogP contribution >= 0.6 is 0 Å². The molecule has 0 aromatic carbocycles. The first-order valence-corrected chi connectivity index (χ1v) is 6.88. The Hall–Kier alpha value is -1.52. The maximum atomic E-state index is 12.2. The highest BCUT2D eigenvalue weighted by Gasteiger charge is 2.66. The SMILES string of the molecule is CC[C@@]1(n2cc(C)c(N)nc2=O)O[C@H](CO)[C@@H](O)[C@]1(O)OC. The lowest BCUT2D eigenvalue weighted by Gasteiger charge is -2.40. The summed E-state index contributed by atoms with van der Waals surface area (Å²) in [5.41, 5.74) is 3.60. The number of methoxy groups -OCH3 is 1. The Kier molecular flexibility index (Phi) is 4.28. The van der Waals surface area contributed by atoms with Crippen LogP contribution in [0.1, 0.15) is 18.9 Å². The van der Waals surface area contributed by atoms with Crippen LogP contribution in [0.5, 0.6) is 0 Å². The average molecular weight is 315 g/mol. The van der Waals surface area contributed by atoms with Crippen molar-refractivity contribution in [3.8, 4) is 0 Å². The lowest BCUT2D eigenvalue weighted by Crippen LogP contribution is -2.61. The van der Waals surface area contributed by atoms with Gasteiger partial charge in [0.05, 0.1) is 6.61 Å². The van der Waals surface area contributed by atoms with E-state index >= 15 is 0 Å². The Bertz CT molecular complexity index is 620. The molecule has 0 aliphatic carbocycles. The molecule has 1 aliphatic heterocycles. The van der Waals surface area contributed by atoms with Gasteiger partial charge in [-0.25, -0.2) is 4.79 Å². The molecule has 0 amide bonds. The summed E-state index contributed by atoms with van der Waals surface area (Å²) in [5.74, 6) is -2.17. The Morgan fingerprint density at radius 2 is 2.23 bits per heavy atom. The third-order valence-corrected chi connectivity index (χ3v) is 4.17. The highest BCUT2D eigenvalue weighted by Crippen LogP contribution is 2.45. The van der Waals surface area contributed by atoms with Crippen molar-refractivity contribution in [1.29, 1.82) is 0 Å². The number of nitrogen functional groups attached to an aromatic ring is 1. The summed E-state index contributed by atoms with van der Waals surface area (Å²) in [7, 11) is 1.18. The normalized spacial score (nSPS) is 35.0. The second-order valence-corrected chi connectivity index (χ2v) is 5.28. The summed E-state index contributed by atoms with van der Waals surface area (Å²) >= 11 is 0. The van der Waals surface area contributed by atoms with Gasteiger partial charge in [0.1, 0.15) is 18.0 Å². The minimum atomic E-state index is -2.23. The summed E-state index contributed by atoms with van der Waals surface area (Å²) < 4.78 is 11.8. The molecule has 0 spiro atoms. The van der Waals surface area contributed by atoms with E-state index in [1.807, 2.05) is 0 Å². The fraction of sp³-hybridized carbons (Fsp3) is 0.692. The Morgan fingerprint density at radius 3 is 2.73 bits per heavy atom. The molecule has 1 saturated heterocycles. The number of anilines is 1. The van der Waals surface area contributed by atoms with Crippen molar-refractivity contribution in [3.63, 3.8) is 0 Å². The molecule has 22 heavy (non-hydrogen) atoms. The van der Waals surface area contributed by atoms with Crippen LogP contribution in [0.25, 0.3) is 0 Å². The Morgan fingerprint density at radius 1 is 1.59 bits per heavy atom. The monoisotopic (exact) mass is 315 g/mol. The topological polar surface area (TPSA) is 140 Å². The minimum Gasteiger partial charge on any atom is -0.394 e. The molecule has 1 fully saturated rings. The number of nitrogens with zero attached hydrogens (tertiary/aromatic N) is 2. The molecule has 5 N–H and O–H groups in total. The molecule has 9 nitrogen and oxygen atoms in total. The van der Waals surface area contributed by atoms with E-state index in [2.05, 4.69) is 4.98 Å². The molecule has 4 atom stereocenters. The number of aliphatic hydroxyl groups is 3. The fourth-order valence-corrected chi connectivity index (χ4v) is 2.85. The van der Waals surface area contributed by atoms with E-state index in [4.69, 9.17) is 15.2 Å². The quantitative estimate of drug-likeness (QED) is 0.481. The molecule has 124 valence electrons.